The Kier molecular flexibility index (Phi) is 3.56. The van der Waals surface area contributed by atoms with E-state index in [1.54, 1.807) is 4.68 Å². The van der Waals surface area contributed by atoms with Crippen molar-refractivity contribution < 1.29 is 4.74 Å². The fourth-order valence-electron chi connectivity index (χ4n) is 2.34. The summed E-state index contributed by atoms with van der Waals surface area (Å²) >= 11 is 0. The first-order valence-electron chi connectivity index (χ1n) is 6.22. The van der Waals surface area contributed by atoms with E-state index in [-0.39, 0.29) is 11.9 Å². The third-order valence-corrected chi connectivity index (χ3v) is 3.38. The van der Waals surface area contributed by atoms with E-state index in [4.69, 9.17) is 15.9 Å². The highest BCUT2D eigenvalue weighted by Crippen LogP contribution is 2.24. The maximum Gasteiger partial charge on any atom is 0.223 e. The number of nitrogen functional groups attached to an aromatic ring is 1. The normalized spacial score (nSPS) is 17.9. The zero-order valence-corrected chi connectivity index (χ0v) is 11.2. The predicted octanol–water partition coefficient (Wildman–Crippen LogP) is 0.486. The number of piperidine rings is 1. The van der Waals surface area contributed by atoms with Crippen molar-refractivity contribution in [3.63, 3.8) is 0 Å². The standard InChI is InChI=1S/C12H21N5O/c1-8-10(11(13)14)12(17(3)15-8)18-9-4-6-16(2)7-5-9/h9H,4-7H2,1-3H3,(H3,13,14). The average molecular weight is 251 g/mol. The molecule has 0 aromatic carbocycles. The summed E-state index contributed by atoms with van der Waals surface area (Å²) in [5.41, 5.74) is 6.96. The largest absolute Gasteiger partial charge is 0.474 e. The molecule has 6 nitrogen and oxygen atoms in total. The lowest BCUT2D eigenvalue weighted by molar-refractivity contribution is 0.105. The molecule has 0 saturated carbocycles. The van der Waals surface area contributed by atoms with Gasteiger partial charge in [-0.05, 0) is 26.8 Å². The highest BCUT2D eigenvalue weighted by Gasteiger charge is 2.23. The van der Waals surface area contributed by atoms with Crippen LogP contribution in [0, 0.1) is 12.3 Å². The molecular weight excluding hydrogens is 230 g/mol. The van der Waals surface area contributed by atoms with Gasteiger partial charge in [0.15, 0.2) is 0 Å². The van der Waals surface area contributed by atoms with Crippen molar-refractivity contribution in [2.24, 2.45) is 12.8 Å². The lowest BCUT2D eigenvalue weighted by atomic mass is 10.1. The van der Waals surface area contributed by atoms with Gasteiger partial charge in [-0.2, -0.15) is 5.10 Å². The predicted molar refractivity (Wildman–Crippen MR) is 70.1 cm³/mol. The van der Waals surface area contributed by atoms with Crippen molar-refractivity contribution in [2.75, 3.05) is 20.1 Å². The van der Waals surface area contributed by atoms with Crippen molar-refractivity contribution in [1.82, 2.24) is 14.7 Å². The molecule has 1 fully saturated rings. The van der Waals surface area contributed by atoms with Crippen LogP contribution in [0.15, 0.2) is 0 Å². The second kappa shape index (κ2) is 4.97. The Morgan fingerprint density at radius 2 is 2.00 bits per heavy atom. The van der Waals surface area contributed by atoms with E-state index in [9.17, 15) is 0 Å². The fourth-order valence-corrected chi connectivity index (χ4v) is 2.34. The number of hydrogen-bond donors (Lipinski definition) is 2. The van der Waals surface area contributed by atoms with Gasteiger partial charge in [-0.15, -0.1) is 0 Å². The summed E-state index contributed by atoms with van der Waals surface area (Å²) in [7, 11) is 3.94. The molecule has 1 aromatic heterocycles. The number of aromatic nitrogens is 2. The van der Waals surface area contributed by atoms with Crippen LogP contribution in [0.5, 0.6) is 5.88 Å². The molecule has 3 N–H and O–H groups in total. The number of hydrogen-bond acceptors (Lipinski definition) is 4. The van der Waals surface area contributed by atoms with Gasteiger partial charge in [0, 0.05) is 20.1 Å². The smallest absolute Gasteiger partial charge is 0.223 e. The van der Waals surface area contributed by atoms with Crippen molar-refractivity contribution >= 4 is 5.84 Å². The van der Waals surface area contributed by atoms with Crippen molar-refractivity contribution in [1.29, 1.82) is 5.41 Å². The van der Waals surface area contributed by atoms with Crippen LogP contribution >= 0.6 is 0 Å². The van der Waals surface area contributed by atoms with Gasteiger partial charge in [0.25, 0.3) is 0 Å². The Morgan fingerprint density at radius 3 is 2.56 bits per heavy atom. The van der Waals surface area contributed by atoms with Crippen molar-refractivity contribution in [3.05, 3.63) is 11.3 Å². The average Bonchev–Trinajstić information content (AvgIpc) is 2.57. The zero-order chi connectivity index (χ0) is 13.3. The first-order valence-corrected chi connectivity index (χ1v) is 6.22. The van der Waals surface area contributed by atoms with Gasteiger partial charge in [0.05, 0.1) is 5.69 Å². The molecule has 2 heterocycles. The van der Waals surface area contributed by atoms with E-state index < -0.39 is 0 Å². The van der Waals surface area contributed by atoms with E-state index in [2.05, 4.69) is 17.0 Å². The van der Waals surface area contributed by atoms with E-state index in [0.29, 0.717) is 11.4 Å². The van der Waals surface area contributed by atoms with E-state index in [1.165, 1.54) is 0 Å². The number of nitrogens with zero attached hydrogens (tertiary/aromatic N) is 3. The summed E-state index contributed by atoms with van der Waals surface area (Å²) in [5, 5.41) is 11.9. The quantitative estimate of drug-likeness (QED) is 0.605. The van der Waals surface area contributed by atoms with Crippen molar-refractivity contribution in [3.8, 4) is 5.88 Å². The summed E-state index contributed by atoms with van der Waals surface area (Å²) in [4.78, 5) is 2.29. The van der Waals surface area contributed by atoms with Crippen LogP contribution in [0.4, 0.5) is 0 Å². The Balaban J connectivity index is 2.16. The van der Waals surface area contributed by atoms with Crippen LogP contribution < -0.4 is 10.5 Å². The van der Waals surface area contributed by atoms with E-state index in [1.807, 2.05) is 14.0 Å². The Morgan fingerprint density at radius 1 is 1.39 bits per heavy atom. The molecule has 1 aromatic rings. The number of likely N-dealkylation sites (tertiary alicyclic amines) is 1. The molecule has 0 aliphatic carbocycles. The van der Waals surface area contributed by atoms with Crippen LogP contribution in [-0.2, 0) is 7.05 Å². The van der Waals surface area contributed by atoms with Crippen LogP contribution in [0.1, 0.15) is 24.1 Å². The number of rotatable bonds is 3. The molecular formula is C12H21N5O. The number of nitrogens with two attached hydrogens (primary N) is 1. The minimum Gasteiger partial charge on any atom is -0.474 e. The molecule has 1 aliphatic rings. The van der Waals surface area contributed by atoms with Gasteiger partial charge in [-0.25, -0.2) is 4.68 Å². The summed E-state index contributed by atoms with van der Waals surface area (Å²) in [6.45, 7) is 3.92. The highest BCUT2D eigenvalue weighted by atomic mass is 16.5. The van der Waals surface area contributed by atoms with Gasteiger partial charge in [-0.1, -0.05) is 0 Å². The van der Waals surface area contributed by atoms with Gasteiger partial charge in [0.2, 0.25) is 5.88 Å². The molecule has 0 atom stereocenters. The lowest BCUT2D eigenvalue weighted by Gasteiger charge is -2.29. The first kappa shape index (κ1) is 12.9. The van der Waals surface area contributed by atoms with Crippen LogP contribution in [0.2, 0.25) is 0 Å². The molecule has 1 saturated heterocycles. The summed E-state index contributed by atoms with van der Waals surface area (Å²) in [6, 6.07) is 0. The Bertz CT molecular complexity index is 446. The Labute approximate surface area is 107 Å². The topological polar surface area (TPSA) is 80.2 Å². The molecule has 0 spiro atoms. The monoisotopic (exact) mass is 251 g/mol. The van der Waals surface area contributed by atoms with Gasteiger partial charge in [-0.3, -0.25) is 5.41 Å². The number of aryl methyl sites for hydroxylation is 2. The molecule has 100 valence electrons. The second-order valence-electron chi connectivity index (χ2n) is 4.92. The molecule has 2 rings (SSSR count). The molecule has 18 heavy (non-hydrogen) atoms. The minimum atomic E-state index is 0.0172. The van der Waals surface area contributed by atoms with Crippen LogP contribution in [0.25, 0.3) is 0 Å². The first-order chi connectivity index (χ1) is 8.49. The second-order valence-corrected chi connectivity index (χ2v) is 4.92. The SMILES string of the molecule is Cc1nn(C)c(OC2CCN(C)CC2)c1C(=N)N. The fraction of sp³-hybridized carbons (Fsp3) is 0.667. The minimum absolute atomic E-state index is 0.0172. The Hall–Kier alpha value is -1.56. The molecule has 0 unspecified atom stereocenters. The maximum absolute atomic E-state index is 7.62. The third kappa shape index (κ3) is 2.48. The van der Waals surface area contributed by atoms with E-state index >= 15 is 0 Å². The summed E-state index contributed by atoms with van der Waals surface area (Å²) in [6.07, 6.45) is 2.19. The van der Waals surface area contributed by atoms with Gasteiger partial charge >= 0.3 is 0 Å². The highest BCUT2D eigenvalue weighted by molar-refractivity contribution is 5.98. The number of amidine groups is 1. The maximum atomic E-state index is 7.62. The molecule has 1 aliphatic heterocycles. The number of nitrogens with one attached hydrogen (secondary N) is 1. The number of ether oxygens (including phenoxy) is 1. The third-order valence-electron chi connectivity index (χ3n) is 3.38. The zero-order valence-electron chi connectivity index (χ0n) is 11.2. The summed E-state index contributed by atoms with van der Waals surface area (Å²) in [5.74, 6) is 0.637. The molecule has 0 amide bonds. The lowest BCUT2D eigenvalue weighted by Crippen LogP contribution is -2.36. The molecule has 0 radical (unpaired) electrons. The van der Waals surface area contributed by atoms with Gasteiger partial charge < -0.3 is 15.4 Å². The van der Waals surface area contributed by atoms with Crippen LogP contribution in [0.3, 0.4) is 0 Å². The van der Waals surface area contributed by atoms with E-state index in [0.717, 1.165) is 31.6 Å². The molecule has 0 bridgehead atoms. The summed E-state index contributed by atoms with van der Waals surface area (Å²) < 4.78 is 7.67. The molecule has 6 heteroatoms. The van der Waals surface area contributed by atoms with Crippen molar-refractivity contribution in [2.45, 2.75) is 25.9 Å². The van der Waals surface area contributed by atoms with Crippen LogP contribution in [-0.4, -0.2) is 46.8 Å². The van der Waals surface area contributed by atoms with Gasteiger partial charge in [0.1, 0.15) is 17.5 Å².